The van der Waals surface area contributed by atoms with E-state index in [9.17, 15) is 0 Å². The fourth-order valence-corrected chi connectivity index (χ4v) is 22.7. The molecule has 0 atom stereocenters. The molecular weight excluding hydrogens is 705 g/mol. The molecule has 144 valence electrons. The Bertz CT molecular complexity index is 925. The van der Waals surface area contributed by atoms with Crippen molar-refractivity contribution in [1.82, 2.24) is 0 Å². The number of hydrogen-bond acceptors (Lipinski definition) is 3. The number of thiophene rings is 3. The fourth-order valence-electron chi connectivity index (χ4n) is 3.39. The third-order valence-electron chi connectivity index (χ3n) is 5.15. The third kappa shape index (κ3) is 3.92. The van der Waals surface area contributed by atoms with E-state index >= 15 is 0 Å². The zero-order valence-corrected chi connectivity index (χ0v) is 29.0. The summed E-state index contributed by atoms with van der Waals surface area (Å²) in [6.07, 6.45) is 0. The molecule has 3 aromatic heterocycles. The topological polar surface area (TPSA) is 0 Å². The van der Waals surface area contributed by atoms with Crippen molar-refractivity contribution in [3.05, 3.63) is 18.2 Å². The van der Waals surface area contributed by atoms with Crippen LogP contribution in [0.25, 0.3) is 30.3 Å². The van der Waals surface area contributed by atoms with Crippen molar-refractivity contribution < 1.29 is 0 Å². The van der Waals surface area contributed by atoms with Crippen molar-refractivity contribution >= 4 is 128 Å². The molecule has 27 heavy (non-hydrogen) atoms. The minimum atomic E-state index is -2.07. The van der Waals surface area contributed by atoms with Gasteiger partial charge >= 0.3 is 191 Å². The molecule has 0 fully saturated rings. The molecule has 0 radical (unpaired) electrons. The minimum absolute atomic E-state index is 1.57. The van der Waals surface area contributed by atoms with Crippen LogP contribution < -0.4 is 8.68 Å². The molecule has 0 spiro atoms. The van der Waals surface area contributed by atoms with Crippen LogP contribution in [0.4, 0.5) is 0 Å². The Kier molecular flexibility index (Phi) is 5.63. The quantitative estimate of drug-likeness (QED) is 0.200. The predicted octanol–water partition coefficient (Wildman–Crippen LogP) is 6.97. The number of benzene rings is 1. The first kappa shape index (κ1) is 21.7. The summed E-state index contributed by atoms with van der Waals surface area (Å²) in [7, 11) is 0. The van der Waals surface area contributed by atoms with Gasteiger partial charge in [-0.1, -0.05) is 0 Å². The first-order chi connectivity index (χ1) is 12.3. The molecule has 0 saturated carbocycles. The Balaban J connectivity index is 2.19. The standard InChI is InChI=1S/C12H3S3.9CH3.3Sn/c1-4-13-10-7(1)11-9(2-5-14-11)12-8(10)3-6-15-12;;;;;;;;;;;;/h1-3H;9*1H3;;;. The van der Waals surface area contributed by atoms with Crippen molar-refractivity contribution in [2.75, 3.05) is 0 Å². The monoisotopic (exact) mass is 738 g/mol. The number of fused-ring (bicyclic) bond motifs is 6. The van der Waals surface area contributed by atoms with E-state index in [1.807, 2.05) is 0 Å². The van der Waals surface area contributed by atoms with Gasteiger partial charge in [-0.15, -0.1) is 0 Å². The summed E-state index contributed by atoms with van der Waals surface area (Å²) in [5.74, 6) is 0. The average Bonchev–Trinajstić information content (AvgIpc) is 3.19. The van der Waals surface area contributed by atoms with Crippen molar-refractivity contribution in [1.29, 1.82) is 0 Å². The number of hydrogen-bond donors (Lipinski definition) is 0. The SMILES string of the molecule is [CH3][Sn]([CH3])([CH3])[c]1cc2c(s1)c1c[c]([Sn]([CH3])([CH3])[CH3])sc1c1c[c]([Sn]([CH3])([CH3])[CH3])sc21. The van der Waals surface area contributed by atoms with Gasteiger partial charge in [0, 0.05) is 0 Å². The van der Waals surface area contributed by atoms with Crippen LogP contribution in [0.1, 0.15) is 0 Å². The van der Waals surface area contributed by atoms with E-state index in [4.69, 9.17) is 0 Å². The first-order valence-corrected chi connectivity index (χ1v) is 42.1. The van der Waals surface area contributed by atoms with Gasteiger partial charge < -0.3 is 0 Å². The Morgan fingerprint density at radius 2 is 0.667 bits per heavy atom. The second-order valence-corrected chi connectivity index (χ2v) is 60.2. The van der Waals surface area contributed by atoms with E-state index < -0.39 is 55.1 Å². The molecule has 4 aromatic rings. The maximum absolute atomic E-state index is 2.61. The van der Waals surface area contributed by atoms with Gasteiger partial charge in [0.1, 0.15) is 0 Å². The molecule has 0 unspecified atom stereocenters. The Morgan fingerprint density at radius 1 is 0.444 bits per heavy atom. The Hall–Kier alpha value is 1.50. The zero-order valence-electron chi connectivity index (χ0n) is 18.0. The summed E-state index contributed by atoms with van der Waals surface area (Å²) in [6.45, 7) is 0. The molecule has 0 nitrogen and oxygen atoms in total. The van der Waals surface area contributed by atoms with Crippen LogP contribution in [0.5, 0.6) is 0 Å². The van der Waals surface area contributed by atoms with Gasteiger partial charge in [-0.3, -0.25) is 0 Å². The normalized spacial score (nSPS) is 14.1. The van der Waals surface area contributed by atoms with E-state index in [2.05, 4.69) is 96.7 Å². The van der Waals surface area contributed by atoms with E-state index in [-0.39, 0.29) is 0 Å². The summed E-state index contributed by atoms with van der Waals surface area (Å²) in [5.41, 5.74) is 0. The zero-order chi connectivity index (χ0) is 19.9. The average molecular weight is 735 g/mol. The van der Waals surface area contributed by atoms with Gasteiger partial charge in [0.15, 0.2) is 0 Å². The van der Waals surface area contributed by atoms with Crippen LogP contribution in [0.15, 0.2) is 18.2 Å². The van der Waals surface area contributed by atoms with Crippen LogP contribution >= 0.6 is 34.0 Å². The summed E-state index contributed by atoms with van der Waals surface area (Å²) in [6, 6.07) is 7.82. The predicted molar refractivity (Wildman–Crippen MR) is 142 cm³/mol. The summed E-state index contributed by atoms with van der Waals surface area (Å²) < 4.78 is 9.97. The molecule has 0 aliphatic carbocycles. The van der Waals surface area contributed by atoms with Gasteiger partial charge in [-0.25, -0.2) is 0 Å². The number of rotatable bonds is 3. The second kappa shape index (κ2) is 7.00. The van der Waals surface area contributed by atoms with Crippen molar-refractivity contribution in [3.8, 4) is 0 Å². The van der Waals surface area contributed by atoms with Gasteiger partial charge in [0.25, 0.3) is 0 Å². The third-order valence-corrected chi connectivity index (χ3v) is 36.9. The van der Waals surface area contributed by atoms with E-state index in [1.165, 1.54) is 0 Å². The molecule has 6 heteroatoms. The summed E-state index contributed by atoms with van der Waals surface area (Å²) >= 11 is 0.190. The van der Waals surface area contributed by atoms with Crippen LogP contribution in [-0.2, 0) is 0 Å². The van der Waals surface area contributed by atoms with Crippen molar-refractivity contribution in [2.24, 2.45) is 0 Å². The van der Waals surface area contributed by atoms with Gasteiger partial charge in [0.05, 0.1) is 0 Å². The van der Waals surface area contributed by atoms with Crippen molar-refractivity contribution in [2.45, 2.75) is 44.5 Å². The van der Waals surface area contributed by atoms with Crippen LogP contribution in [0, 0.1) is 0 Å². The second-order valence-electron chi connectivity index (χ2n) is 10.8. The summed E-state index contributed by atoms with van der Waals surface area (Å²) in [4.78, 5) is 23.0. The summed E-state index contributed by atoms with van der Waals surface area (Å²) in [5, 5.41) is 4.72. The van der Waals surface area contributed by atoms with Gasteiger partial charge in [-0.2, -0.15) is 0 Å². The van der Waals surface area contributed by atoms with Crippen LogP contribution in [0.3, 0.4) is 0 Å². The van der Waals surface area contributed by atoms with E-state index in [1.54, 1.807) is 38.9 Å². The van der Waals surface area contributed by atoms with Crippen LogP contribution in [0.2, 0.25) is 44.5 Å². The molecule has 0 saturated heterocycles. The van der Waals surface area contributed by atoms with Crippen LogP contribution in [-0.4, -0.2) is 55.1 Å². The first-order valence-electron chi connectivity index (χ1n) is 9.71. The van der Waals surface area contributed by atoms with E-state index in [0.717, 1.165) is 0 Å². The van der Waals surface area contributed by atoms with Gasteiger partial charge in [0.2, 0.25) is 0 Å². The van der Waals surface area contributed by atoms with Gasteiger partial charge in [-0.05, 0) is 0 Å². The molecule has 0 bridgehead atoms. The Morgan fingerprint density at radius 3 is 0.852 bits per heavy atom. The molecule has 0 N–H and O–H groups in total. The van der Waals surface area contributed by atoms with E-state index in [0.29, 0.717) is 0 Å². The molecule has 3 heterocycles. The molecular formula is C21H30S3Sn3. The van der Waals surface area contributed by atoms with Crippen molar-refractivity contribution in [3.63, 3.8) is 0 Å². The maximum atomic E-state index is 2.61. The molecule has 4 rings (SSSR count). The molecule has 1 aromatic carbocycles. The molecule has 0 aliphatic heterocycles. The fraction of sp³-hybridized carbons (Fsp3) is 0.429. The Labute approximate surface area is 188 Å². The molecule has 0 aliphatic rings. The molecule has 0 amide bonds.